The molecule has 0 bridgehead atoms. The van der Waals surface area contributed by atoms with Crippen LogP contribution in [0.1, 0.15) is 12.8 Å². The lowest BCUT2D eigenvalue weighted by atomic mass is 10.3. The topological polar surface area (TPSA) is 67.0 Å². The van der Waals surface area contributed by atoms with E-state index >= 15 is 0 Å². The van der Waals surface area contributed by atoms with E-state index in [1.165, 1.54) is 12.8 Å². The highest BCUT2D eigenvalue weighted by atomic mass is 16.5. The minimum atomic E-state index is -0.435. The fourth-order valence-electron chi connectivity index (χ4n) is 1.63. The molecule has 5 nitrogen and oxygen atoms in total. The number of hydrogen-bond acceptors (Lipinski definition) is 3. The molecule has 5 heteroatoms. The molecule has 0 aromatic carbocycles. The summed E-state index contributed by atoms with van der Waals surface area (Å²) in [4.78, 5) is 18.6. The minimum Gasteiger partial charge on any atom is -0.449 e. The van der Waals surface area contributed by atoms with Crippen LogP contribution in [0.15, 0.2) is 24.5 Å². The molecule has 0 saturated heterocycles. The van der Waals surface area contributed by atoms with E-state index < -0.39 is 6.09 Å². The van der Waals surface area contributed by atoms with Gasteiger partial charge in [-0.25, -0.2) is 9.78 Å². The Balaban J connectivity index is 1.64. The molecule has 88 valence electrons. The van der Waals surface area contributed by atoms with E-state index in [9.17, 15) is 4.79 Å². The SMILES string of the molecule is O=C(Nc1cc2[nH]ccc2cn1)OCC1CC1. The lowest BCUT2D eigenvalue weighted by Gasteiger charge is -2.05. The van der Waals surface area contributed by atoms with Gasteiger partial charge in [-0.15, -0.1) is 0 Å². The van der Waals surface area contributed by atoms with Crippen molar-refractivity contribution in [2.45, 2.75) is 12.8 Å². The summed E-state index contributed by atoms with van der Waals surface area (Å²) in [5.41, 5.74) is 0.942. The van der Waals surface area contributed by atoms with E-state index in [-0.39, 0.29) is 0 Å². The van der Waals surface area contributed by atoms with Crippen molar-refractivity contribution in [1.29, 1.82) is 0 Å². The lowest BCUT2D eigenvalue weighted by molar-refractivity contribution is 0.156. The summed E-state index contributed by atoms with van der Waals surface area (Å²) >= 11 is 0. The molecular formula is C12H13N3O2. The monoisotopic (exact) mass is 231 g/mol. The van der Waals surface area contributed by atoms with Gasteiger partial charge in [-0.1, -0.05) is 0 Å². The zero-order valence-electron chi connectivity index (χ0n) is 9.27. The molecule has 3 rings (SSSR count). The predicted molar refractivity (Wildman–Crippen MR) is 63.8 cm³/mol. The van der Waals surface area contributed by atoms with Crippen LogP contribution >= 0.6 is 0 Å². The third kappa shape index (κ3) is 2.38. The zero-order valence-corrected chi connectivity index (χ0v) is 9.27. The van der Waals surface area contributed by atoms with Gasteiger partial charge in [0.15, 0.2) is 0 Å². The van der Waals surface area contributed by atoms with E-state index in [0.29, 0.717) is 18.3 Å². The number of carbonyl (C=O) groups is 1. The maximum Gasteiger partial charge on any atom is 0.412 e. The largest absolute Gasteiger partial charge is 0.449 e. The maximum absolute atomic E-state index is 11.4. The lowest BCUT2D eigenvalue weighted by Crippen LogP contribution is -2.15. The van der Waals surface area contributed by atoms with Crippen LogP contribution in [0.2, 0.25) is 0 Å². The van der Waals surface area contributed by atoms with Crippen molar-refractivity contribution in [3.8, 4) is 0 Å². The van der Waals surface area contributed by atoms with Gasteiger partial charge in [0.1, 0.15) is 5.82 Å². The van der Waals surface area contributed by atoms with Gasteiger partial charge < -0.3 is 9.72 Å². The first-order valence-electron chi connectivity index (χ1n) is 5.68. The van der Waals surface area contributed by atoms with Gasteiger partial charge in [0, 0.05) is 23.8 Å². The molecule has 17 heavy (non-hydrogen) atoms. The minimum absolute atomic E-state index is 0.435. The molecule has 0 atom stereocenters. The summed E-state index contributed by atoms with van der Waals surface area (Å²) in [6.45, 7) is 0.510. The number of aromatic nitrogens is 2. The first kappa shape index (κ1) is 10.1. The fourth-order valence-corrected chi connectivity index (χ4v) is 1.63. The van der Waals surface area contributed by atoms with E-state index in [1.54, 1.807) is 12.3 Å². The van der Waals surface area contributed by atoms with Crippen molar-refractivity contribution < 1.29 is 9.53 Å². The Bertz CT molecular complexity index is 545. The van der Waals surface area contributed by atoms with Crippen LogP contribution in [0, 0.1) is 5.92 Å². The molecule has 2 aromatic heterocycles. The molecule has 1 aliphatic rings. The number of ether oxygens (including phenoxy) is 1. The number of fused-ring (bicyclic) bond motifs is 1. The Labute approximate surface area is 98.2 Å². The fraction of sp³-hybridized carbons (Fsp3) is 0.333. The quantitative estimate of drug-likeness (QED) is 0.852. The van der Waals surface area contributed by atoms with Crippen molar-refractivity contribution in [2.75, 3.05) is 11.9 Å². The predicted octanol–water partition coefficient (Wildman–Crippen LogP) is 2.52. The number of rotatable bonds is 3. The Morgan fingerprint density at radius 2 is 2.47 bits per heavy atom. The van der Waals surface area contributed by atoms with Gasteiger partial charge in [-0.3, -0.25) is 5.32 Å². The van der Waals surface area contributed by atoms with Gasteiger partial charge in [0.2, 0.25) is 0 Å². The number of nitrogens with one attached hydrogen (secondary N) is 2. The third-order valence-electron chi connectivity index (χ3n) is 2.81. The number of nitrogens with zero attached hydrogens (tertiary/aromatic N) is 1. The second-order valence-corrected chi connectivity index (χ2v) is 4.30. The highest BCUT2D eigenvalue weighted by Gasteiger charge is 2.23. The van der Waals surface area contributed by atoms with Crippen molar-refractivity contribution in [1.82, 2.24) is 9.97 Å². The van der Waals surface area contributed by atoms with Crippen molar-refractivity contribution in [3.05, 3.63) is 24.5 Å². The Morgan fingerprint density at radius 1 is 1.59 bits per heavy atom. The number of pyridine rings is 1. The highest BCUT2D eigenvalue weighted by molar-refractivity contribution is 5.87. The van der Waals surface area contributed by atoms with E-state index in [2.05, 4.69) is 15.3 Å². The van der Waals surface area contributed by atoms with Crippen molar-refractivity contribution >= 4 is 22.8 Å². The second kappa shape index (κ2) is 4.08. The molecular weight excluding hydrogens is 218 g/mol. The molecule has 2 N–H and O–H groups in total. The molecule has 0 spiro atoms. The van der Waals surface area contributed by atoms with Gasteiger partial charge in [-0.2, -0.15) is 0 Å². The number of aromatic amines is 1. The average Bonchev–Trinajstić information content (AvgIpc) is 3.04. The molecule has 0 radical (unpaired) electrons. The Kier molecular flexibility index (Phi) is 2.44. The van der Waals surface area contributed by atoms with Gasteiger partial charge in [0.25, 0.3) is 0 Å². The summed E-state index contributed by atoms with van der Waals surface area (Å²) in [6.07, 6.45) is 5.44. The molecule has 1 saturated carbocycles. The van der Waals surface area contributed by atoms with E-state index in [4.69, 9.17) is 4.74 Å². The van der Waals surface area contributed by atoms with Gasteiger partial charge in [0.05, 0.1) is 12.1 Å². The number of hydrogen-bond donors (Lipinski definition) is 2. The maximum atomic E-state index is 11.4. The average molecular weight is 231 g/mol. The summed E-state index contributed by atoms with van der Waals surface area (Å²) in [7, 11) is 0. The van der Waals surface area contributed by atoms with Crippen LogP contribution in [0.5, 0.6) is 0 Å². The summed E-state index contributed by atoms with van der Waals surface area (Å²) in [6, 6.07) is 3.71. The summed E-state index contributed by atoms with van der Waals surface area (Å²) in [5.74, 6) is 1.07. The van der Waals surface area contributed by atoms with Crippen molar-refractivity contribution in [3.63, 3.8) is 0 Å². The molecule has 2 aromatic rings. The second-order valence-electron chi connectivity index (χ2n) is 4.30. The Morgan fingerprint density at radius 3 is 3.29 bits per heavy atom. The van der Waals surface area contributed by atoms with Crippen LogP contribution in [-0.2, 0) is 4.74 Å². The number of anilines is 1. The highest BCUT2D eigenvalue weighted by Crippen LogP contribution is 2.28. The van der Waals surface area contributed by atoms with E-state index in [1.807, 2.05) is 12.3 Å². The normalized spacial score (nSPS) is 14.8. The molecule has 1 fully saturated rings. The van der Waals surface area contributed by atoms with Crippen LogP contribution in [0.3, 0.4) is 0 Å². The van der Waals surface area contributed by atoms with Crippen molar-refractivity contribution in [2.24, 2.45) is 5.92 Å². The van der Waals surface area contributed by atoms with E-state index in [0.717, 1.165) is 10.9 Å². The van der Waals surface area contributed by atoms with Crippen LogP contribution < -0.4 is 5.32 Å². The van der Waals surface area contributed by atoms with Crippen LogP contribution in [0.4, 0.5) is 10.6 Å². The summed E-state index contributed by atoms with van der Waals surface area (Å²) < 4.78 is 5.06. The summed E-state index contributed by atoms with van der Waals surface area (Å²) in [5, 5.41) is 3.63. The molecule has 1 amide bonds. The molecule has 0 aliphatic heterocycles. The zero-order chi connectivity index (χ0) is 11.7. The van der Waals surface area contributed by atoms with Gasteiger partial charge in [-0.05, 0) is 24.8 Å². The van der Waals surface area contributed by atoms with Crippen LogP contribution in [0.25, 0.3) is 10.9 Å². The Hall–Kier alpha value is -2.04. The third-order valence-corrected chi connectivity index (χ3v) is 2.81. The number of amides is 1. The van der Waals surface area contributed by atoms with Crippen LogP contribution in [-0.4, -0.2) is 22.7 Å². The molecule has 0 unspecified atom stereocenters. The first-order chi connectivity index (χ1) is 8.31. The first-order valence-corrected chi connectivity index (χ1v) is 5.68. The standard InChI is InChI=1S/C12H13N3O2/c16-12(17-7-8-1-2-8)15-11-5-10-9(6-14-11)3-4-13-10/h3-6,8,13H,1-2,7H2,(H,14,15,16). The smallest absolute Gasteiger partial charge is 0.412 e. The number of H-pyrrole nitrogens is 1. The molecule has 1 aliphatic carbocycles. The number of carbonyl (C=O) groups excluding carboxylic acids is 1. The van der Waals surface area contributed by atoms with Gasteiger partial charge >= 0.3 is 6.09 Å². The molecule has 2 heterocycles.